The highest BCUT2D eigenvalue weighted by atomic mass is 19.1. The first-order valence-electron chi connectivity index (χ1n) is 13.7. The van der Waals surface area contributed by atoms with E-state index < -0.39 is 17.9 Å². The predicted molar refractivity (Wildman–Crippen MR) is 155 cm³/mol. The lowest BCUT2D eigenvalue weighted by molar-refractivity contribution is 0.0609. The zero-order valence-electron chi connectivity index (χ0n) is 23.3. The molecule has 3 aromatic carbocycles. The monoisotopic (exact) mass is 578 g/mol. The first-order chi connectivity index (χ1) is 21.0. The Morgan fingerprint density at radius 3 is 2.79 bits per heavy atom. The van der Waals surface area contributed by atoms with Gasteiger partial charge < -0.3 is 23.9 Å². The molecule has 216 valence electrons. The van der Waals surface area contributed by atoms with Crippen LogP contribution in [0.3, 0.4) is 0 Å². The number of halogens is 1. The lowest BCUT2D eigenvalue weighted by Crippen LogP contribution is -2.21. The Balaban J connectivity index is 1.30. The van der Waals surface area contributed by atoms with Gasteiger partial charge in [-0.2, -0.15) is 5.26 Å². The van der Waals surface area contributed by atoms with Gasteiger partial charge in [0.1, 0.15) is 29.9 Å². The van der Waals surface area contributed by atoms with Crippen molar-refractivity contribution in [2.75, 3.05) is 20.3 Å². The lowest BCUT2D eigenvalue weighted by atomic mass is 9.94. The van der Waals surface area contributed by atoms with Gasteiger partial charge in [-0.05, 0) is 53.9 Å². The van der Waals surface area contributed by atoms with Crippen molar-refractivity contribution in [3.63, 3.8) is 0 Å². The number of carboxylic acids is 1. The van der Waals surface area contributed by atoms with Gasteiger partial charge in [0.05, 0.1) is 41.6 Å². The summed E-state index contributed by atoms with van der Waals surface area (Å²) in [4.78, 5) is 21.4. The van der Waals surface area contributed by atoms with Crippen LogP contribution in [0.1, 0.15) is 44.5 Å². The van der Waals surface area contributed by atoms with E-state index >= 15 is 0 Å². The van der Waals surface area contributed by atoms with Crippen LogP contribution in [0.2, 0.25) is 0 Å². The number of hydrogen-bond acceptors (Lipinski definition) is 7. The molecule has 1 atom stereocenters. The number of carbonyl (C=O) groups is 1. The van der Waals surface area contributed by atoms with Gasteiger partial charge in [-0.3, -0.25) is 0 Å². The molecule has 0 aliphatic carbocycles. The topological polar surface area (TPSA) is 119 Å². The number of ether oxygens (including phenoxy) is 3. The van der Waals surface area contributed by atoms with E-state index in [1.807, 2.05) is 41.0 Å². The van der Waals surface area contributed by atoms with Crippen molar-refractivity contribution in [3.8, 4) is 23.2 Å². The molecule has 0 fully saturated rings. The Morgan fingerprint density at radius 2 is 2.00 bits per heavy atom. The molecular weight excluding hydrogens is 551 g/mol. The molecule has 3 heterocycles. The van der Waals surface area contributed by atoms with Crippen molar-refractivity contribution in [2.45, 2.75) is 25.7 Å². The Kier molecular flexibility index (Phi) is 7.83. The van der Waals surface area contributed by atoms with Crippen molar-refractivity contribution in [3.05, 3.63) is 112 Å². The van der Waals surface area contributed by atoms with Gasteiger partial charge >= 0.3 is 5.97 Å². The maximum Gasteiger partial charge on any atom is 0.337 e. The van der Waals surface area contributed by atoms with Crippen LogP contribution in [0.25, 0.3) is 22.3 Å². The van der Waals surface area contributed by atoms with E-state index in [0.29, 0.717) is 60.2 Å². The van der Waals surface area contributed by atoms with Crippen LogP contribution in [0.5, 0.6) is 5.88 Å². The summed E-state index contributed by atoms with van der Waals surface area (Å²) in [6.45, 7) is 1.36. The van der Waals surface area contributed by atoms with E-state index in [-0.39, 0.29) is 17.7 Å². The van der Waals surface area contributed by atoms with Crippen LogP contribution in [0, 0.1) is 17.1 Å². The molecule has 2 aromatic heterocycles. The fourth-order valence-electron chi connectivity index (χ4n) is 5.32. The first-order valence-corrected chi connectivity index (χ1v) is 13.7. The number of fused-ring (bicyclic) bond motifs is 2. The molecule has 9 nitrogen and oxygen atoms in total. The highest BCUT2D eigenvalue weighted by Gasteiger charge is 2.29. The summed E-state index contributed by atoms with van der Waals surface area (Å²) in [5.74, 6) is -0.570. The fraction of sp³-hybridized carbons (Fsp3) is 0.212. The van der Waals surface area contributed by atoms with Gasteiger partial charge in [0.2, 0.25) is 5.88 Å². The number of nitriles is 1. The minimum Gasteiger partial charge on any atom is -0.478 e. The number of hydrogen-bond donors (Lipinski definition) is 1. The largest absolute Gasteiger partial charge is 0.478 e. The second-order valence-corrected chi connectivity index (χ2v) is 10.1. The Bertz CT molecular complexity index is 1880. The standard InChI is InChI=1S/C33H27FN4O5/c1-41-15-13-38-28-6-2-4-25(33(39)40)30(28)37-32(38)31-24-11-10-22(17-21(24)12-14-42-31)27-5-3-7-29(36-27)43-19-23-9-8-20(18-35)16-26(23)34/h2-11,16-17,31H,12-15,19H2,1H3,(H,39,40). The smallest absolute Gasteiger partial charge is 0.337 e. The van der Waals surface area contributed by atoms with Gasteiger partial charge in [-0.25, -0.2) is 19.2 Å². The molecular formula is C33H27FN4O5. The third kappa shape index (κ3) is 5.56. The summed E-state index contributed by atoms with van der Waals surface area (Å²) in [5.41, 5.74) is 5.44. The predicted octanol–water partition coefficient (Wildman–Crippen LogP) is 5.69. The second kappa shape index (κ2) is 12.0. The van der Waals surface area contributed by atoms with Crippen LogP contribution >= 0.6 is 0 Å². The van der Waals surface area contributed by atoms with Crippen molar-refractivity contribution < 1.29 is 28.5 Å². The van der Waals surface area contributed by atoms with E-state index in [1.165, 1.54) is 12.1 Å². The molecule has 5 aromatic rings. The number of nitrogens with zero attached hydrogens (tertiary/aromatic N) is 4. The van der Waals surface area contributed by atoms with Gasteiger partial charge in [-0.1, -0.05) is 30.3 Å². The summed E-state index contributed by atoms with van der Waals surface area (Å²) in [6, 6.07) is 22.8. The van der Waals surface area contributed by atoms with Crippen LogP contribution in [-0.2, 0) is 29.0 Å². The maximum absolute atomic E-state index is 14.3. The quantitative estimate of drug-likeness (QED) is 0.237. The van der Waals surface area contributed by atoms with E-state index in [1.54, 1.807) is 31.4 Å². The SMILES string of the molecule is COCCn1c(C2OCCc3cc(-c4cccc(OCc5ccc(C#N)cc5F)n4)ccc32)nc2c(C(=O)O)cccc21. The Morgan fingerprint density at radius 1 is 1.14 bits per heavy atom. The number of aromatic carboxylic acids is 1. The molecule has 0 spiro atoms. The third-order valence-corrected chi connectivity index (χ3v) is 7.45. The summed E-state index contributed by atoms with van der Waals surface area (Å²) >= 11 is 0. The number of pyridine rings is 1. The lowest BCUT2D eigenvalue weighted by Gasteiger charge is -2.27. The van der Waals surface area contributed by atoms with Crippen molar-refractivity contribution in [2.24, 2.45) is 0 Å². The summed E-state index contributed by atoms with van der Waals surface area (Å²) < 4.78 is 33.6. The number of benzene rings is 3. The number of methoxy groups -OCH3 is 1. The van der Waals surface area contributed by atoms with Crippen LogP contribution in [0.4, 0.5) is 4.39 Å². The third-order valence-electron chi connectivity index (χ3n) is 7.45. The average molecular weight is 579 g/mol. The van der Waals surface area contributed by atoms with Crippen LogP contribution < -0.4 is 4.74 Å². The summed E-state index contributed by atoms with van der Waals surface area (Å²) in [7, 11) is 1.62. The van der Waals surface area contributed by atoms with Gasteiger partial charge in [-0.15, -0.1) is 0 Å². The van der Waals surface area contributed by atoms with Crippen molar-refractivity contribution >= 4 is 17.0 Å². The van der Waals surface area contributed by atoms with Gasteiger partial charge in [0.25, 0.3) is 0 Å². The Hall–Kier alpha value is -5.11. The zero-order valence-corrected chi connectivity index (χ0v) is 23.3. The van der Waals surface area contributed by atoms with Crippen molar-refractivity contribution in [1.82, 2.24) is 14.5 Å². The number of para-hydroxylation sites is 1. The highest BCUT2D eigenvalue weighted by molar-refractivity contribution is 6.01. The zero-order chi connectivity index (χ0) is 29.9. The number of carboxylic acid groups (broad SMARTS) is 1. The Labute approximate surface area is 246 Å². The fourth-order valence-corrected chi connectivity index (χ4v) is 5.32. The molecule has 0 saturated carbocycles. The highest BCUT2D eigenvalue weighted by Crippen LogP contribution is 2.36. The molecule has 43 heavy (non-hydrogen) atoms. The second-order valence-electron chi connectivity index (χ2n) is 10.1. The molecule has 1 aliphatic heterocycles. The molecule has 1 aliphatic rings. The molecule has 0 saturated heterocycles. The minimum absolute atomic E-state index is 0.0230. The molecule has 1 unspecified atom stereocenters. The molecule has 0 bridgehead atoms. The van der Waals surface area contributed by atoms with Crippen LogP contribution in [0.15, 0.2) is 72.8 Å². The van der Waals surface area contributed by atoms with Gasteiger partial charge in [0.15, 0.2) is 0 Å². The maximum atomic E-state index is 14.3. The van der Waals surface area contributed by atoms with E-state index in [0.717, 1.165) is 16.7 Å². The number of imidazole rings is 1. The average Bonchev–Trinajstić information content (AvgIpc) is 3.40. The summed E-state index contributed by atoms with van der Waals surface area (Å²) in [6.07, 6.45) is 0.195. The normalized spacial score (nSPS) is 14.3. The summed E-state index contributed by atoms with van der Waals surface area (Å²) in [5, 5.41) is 18.7. The van der Waals surface area contributed by atoms with Crippen LogP contribution in [-0.4, -0.2) is 45.9 Å². The minimum atomic E-state index is -1.04. The van der Waals surface area contributed by atoms with Crippen molar-refractivity contribution in [1.29, 1.82) is 5.26 Å². The molecule has 0 radical (unpaired) electrons. The molecule has 0 amide bonds. The molecule has 6 rings (SSSR count). The van der Waals surface area contributed by atoms with Gasteiger partial charge in [0, 0.05) is 30.8 Å². The molecule has 10 heteroatoms. The van der Waals surface area contributed by atoms with E-state index in [4.69, 9.17) is 24.5 Å². The van der Waals surface area contributed by atoms with E-state index in [9.17, 15) is 14.3 Å². The number of rotatable bonds is 9. The number of aromatic nitrogens is 3. The first kappa shape index (κ1) is 28.0. The molecule has 1 N–H and O–H groups in total. The van der Waals surface area contributed by atoms with E-state index in [2.05, 4.69) is 11.1 Å².